The molecule has 0 spiro atoms. The van der Waals surface area contributed by atoms with E-state index >= 15 is 0 Å². The Kier molecular flexibility index (Phi) is 6.28. The fraction of sp³-hybridized carbons (Fsp3) is 0.276. The van der Waals surface area contributed by atoms with Crippen LogP contribution in [0.5, 0.6) is 5.75 Å². The molecule has 9 heteroatoms. The smallest absolute Gasteiger partial charge is 0.343 e. The van der Waals surface area contributed by atoms with Crippen molar-refractivity contribution in [2.24, 2.45) is 11.8 Å². The van der Waals surface area contributed by atoms with Crippen LogP contribution >= 0.6 is 23.2 Å². The van der Waals surface area contributed by atoms with Crippen molar-refractivity contribution in [1.29, 1.82) is 0 Å². The van der Waals surface area contributed by atoms with Crippen LogP contribution in [0.2, 0.25) is 5.02 Å². The average molecular weight is 549 g/mol. The Morgan fingerprint density at radius 3 is 2.71 bits per heavy atom. The summed E-state index contributed by atoms with van der Waals surface area (Å²) in [7, 11) is 1.60. The van der Waals surface area contributed by atoms with E-state index in [0.29, 0.717) is 39.9 Å². The second-order valence-corrected chi connectivity index (χ2v) is 10.5. The summed E-state index contributed by atoms with van der Waals surface area (Å²) in [4.78, 5) is 20.4. The summed E-state index contributed by atoms with van der Waals surface area (Å²) in [5.74, 6) is 3.10. The van der Waals surface area contributed by atoms with Gasteiger partial charge in [-0.2, -0.15) is 0 Å². The van der Waals surface area contributed by atoms with E-state index < -0.39 is 0 Å². The quantitative estimate of drug-likeness (QED) is 0.277. The van der Waals surface area contributed by atoms with Crippen molar-refractivity contribution in [2.75, 3.05) is 7.11 Å². The molecule has 2 aliphatic carbocycles. The van der Waals surface area contributed by atoms with E-state index in [4.69, 9.17) is 37.3 Å². The minimum atomic E-state index is -0.286. The molecule has 194 valence electrons. The maximum atomic E-state index is 12.8. The molecule has 38 heavy (non-hydrogen) atoms. The van der Waals surface area contributed by atoms with Gasteiger partial charge in [-0.15, -0.1) is 5.10 Å². The highest BCUT2D eigenvalue weighted by molar-refractivity contribution is 6.34. The molecule has 7 nitrogen and oxygen atoms in total. The highest BCUT2D eigenvalue weighted by Crippen LogP contribution is 2.53. The van der Waals surface area contributed by atoms with Crippen LogP contribution in [0, 0.1) is 11.8 Å². The van der Waals surface area contributed by atoms with Crippen LogP contribution in [0.3, 0.4) is 0 Å². The van der Waals surface area contributed by atoms with Gasteiger partial charge in [0.2, 0.25) is 5.89 Å². The number of aryl methyl sites for hydroxylation is 1. The molecule has 2 atom stereocenters. The van der Waals surface area contributed by atoms with E-state index in [1.54, 1.807) is 7.11 Å². The summed E-state index contributed by atoms with van der Waals surface area (Å²) >= 11 is 12.6. The summed E-state index contributed by atoms with van der Waals surface area (Å²) < 4.78 is 13.2. The molecule has 0 bridgehead atoms. The zero-order valence-corrected chi connectivity index (χ0v) is 22.7. The largest absolute Gasteiger partial charge is 0.496 e. The van der Waals surface area contributed by atoms with Gasteiger partial charge in [0.25, 0.3) is 0 Å². The number of oxazole rings is 1. The molecule has 0 saturated heterocycles. The number of aromatic nitrogens is 4. The molecule has 0 amide bonds. The second-order valence-electron chi connectivity index (χ2n) is 9.70. The van der Waals surface area contributed by atoms with Crippen molar-refractivity contribution in [3.8, 4) is 28.5 Å². The SMILES string of the molecule is CCc1oc(-c2ccc(Cn3nc(C4=C(Cl)C=C5CC5C4C)[nH]c3=O)cc2OC)nc1-c1ccc(Cl)cc1. The van der Waals surface area contributed by atoms with Gasteiger partial charge in [-0.3, -0.25) is 4.98 Å². The number of hydrogen-bond donors (Lipinski definition) is 1. The number of benzene rings is 2. The van der Waals surface area contributed by atoms with Crippen molar-refractivity contribution in [3.63, 3.8) is 0 Å². The molecule has 1 saturated carbocycles. The van der Waals surface area contributed by atoms with E-state index in [-0.39, 0.29) is 18.2 Å². The second kappa shape index (κ2) is 9.64. The van der Waals surface area contributed by atoms with Gasteiger partial charge in [-0.1, -0.05) is 60.8 Å². The topological polar surface area (TPSA) is 85.9 Å². The number of allylic oxidation sites excluding steroid dienone is 4. The van der Waals surface area contributed by atoms with Crippen molar-refractivity contribution in [1.82, 2.24) is 19.7 Å². The maximum absolute atomic E-state index is 12.8. The minimum absolute atomic E-state index is 0.229. The predicted molar refractivity (Wildman–Crippen MR) is 148 cm³/mol. The van der Waals surface area contributed by atoms with Crippen LogP contribution in [-0.2, 0) is 13.0 Å². The van der Waals surface area contributed by atoms with Gasteiger partial charge in [0.1, 0.15) is 17.2 Å². The third-order valence-corrected chi connectivity index (χ3v) is 7.87. The van der Waals surface area contributed by atoms with Crippen molar-refractivity contribution < 1.29 is 9.15 Å². The molecule has 2 heterocycles. The highest BCUT2D eigenvalue weighted by atomic mass is 35.5. The average Bonchev–Trinajstić information content (AvgIpc) is 3.42. The lowest BCUT2D eigenvalue weighted by Crippen LogP contribution is -2.18. The maximum Gasteiger partial charge on any atom is 0.343 e. The lowest BCUT2D eigenvalue weighted by Gasteiger charge is -2.16. The first kappa shape index (κ1) is 24.8. The first-order chi connectivity index (χ1) is 18.4. The monoisotopic (exact) mass is 548 g/mol. The number of nitrogens with one attached hydrogen (secondary N) is 1. The number of rotatable bonds is 7. The lowest BCUT2D eigenvalue weighted by atomic mass is 9.91. The number of halogens is 2. The van der Waals surface area contributed by atoms with Crippen LogP contribution < -0.4 is 10.4 Å². The molecule has 2 unspecified atom stereocenters. The molecule has 4 aromatic rings. The molecule has 2 aromatic heterocycles. The number of methoxy groups -OCH3 is 1. The Balaban J connectivity index is 1.29. The van der Waals surface area contributed by atoms with E-state index in [1.807, 2.05) is 55.5 Å². The first-order valence-electron chi connectivity index (χ1n) is 12.6. The number of hydrogen-bond acceptors (Lipinski definition) is 5. The third kappa shape index (κ3) is 4.40. The summed E-state index contributed by atoms with van der Waals surface area (Å²) in [5.41, 5.74) is 5.27. The molecule has 2 aromatic carbocycles. The summed E-state index contributed by atoms with van der Waals surface area (Å²) in [6.07, 6.45) is 3.75. The Hall–Kier alpha value is -3.55. The summed E-state index contributed by atoms with van der Waals surface area (Å²) in [5, 5.41) is 5.90. The third-order valence-electron chi connectivity index (χ3n) is 7.30. The van der Waals surface area contributed by atoms with E-state index in [1.165, 1.54) is 10.3 Å². The number of ether oxygens (including phenoxy) is 1. The zero-order valence-electron chi connectivity index (χ0n) is 21.2. The van der Waals surface area contributed by atoms with E-state index in [2.05, 4.69) is 17.0 Å². The standard InChI is InChI=1S/C29H26Cl2N4O3/c1-4-23-26(17-6-8-19(30)9-7-17)32-28(38-23)20-10-5-16(11-24(20)37-3)14-35-29(36)33-27(34-35)25-15(2)21-12-18(21)13-22(25)31/h5-11,13,15,21H,4,12,14H2,1-3H3,(H,33,34,36). The van der Waals surface area contributed by atoms with Gasteiger partial charge in [-0.25, -0.2) is 14.5 Å². The number of H-pyrrole nitrogens is 1. The molecule has 1 fully saturated rings. The van der Waals surface area contributed by atoms with Crippen molar-refractivity contribution in [3.05, 3.63) is 91.8 Å². The zero-order chi connectivity index (χ0) is 26.6. The van der Waals surface area contributed by atoms with Gasteiger partial charge in [0, 0.05) is 27.6 Å². The molecule has 1 N–H and O–H groups in total. The number of nitrogens with zero attached hydrogens (tertiary/aromatic N) is 3. The normalized spacial score (nSPS) is 18.4. The predicted octanol–water partition coefficient (Wildman–Crippen LogP) is 6.71. The van der Waals surface area contributed by atoms with Crippen LogP contribution in [0.4, 0.5) is 0 Å². The summed E-state index contributed by atoms with van der Waals surface area (Å²) in [6, 6.07) is 13.2. The Morgan fingerprint density at radius 1 is 1.18 bits per heavy atom. The fourth-order valence-corrected chi connectivity index (χ4v) is 5.68. The molecular formula is C29H26Cl2N4O3. The van der Waals surface area contributed by atoms with Gasteiger partial charge >= 0.3 is 5.69 Å². The Morgan fingerprint density at radius 2 is 1.97 bits per heavy atom. The van der Waals surface area contributed by atoms with Crippen LogP contribution in [0.15, 0.2) is 68.4 Å². The van der Waals surface area contributed by atoms with Gasteiger partial charge in [0.05, 0.1) is 19.2 Å². The minimum Gasteiger partial charge on any atom is -0.496 e. The molecule has 0 aliphatic heterocycles. The first-order valence-corrected chi connectivity index (χ1v) is 13.3. The molecule has 2 aliphatic rings. The Labute approximate surface area is 229 Å². The molecule has 0 radical (unpaired) electrons. The number of aromatic amines is 1. The lowest BCUT2D eigenvalue weighted by molar-refractivity contribution is 0.413. The summed E-state index contributed by atoms with van der Waals surface area (Å²) in [6.45, 7) is 4.43. The highest BCUT2D eigenvalue weighted by Gasteiger charge is 2.41. The van der Waals surface area contributed by atoms with E-state index in [0.717, 1.165) is 40.1 Å². The van der Waals surface area contributed by atoms with E-state index in [9.17, 15) is 4.79 Å². The fourth-order valence-electron chi connectivity index (χ4n) is 5.16. The van der Waals surface area contributed by atoms with Gasteiger partial charge in [-0.05, 0) is 54.2 Å². The van der Waals surface area contributed by atoms with Crippen LogP contribution in [0.1, 0.15) is 37.4 Å². The van der Waals surface area contributed by atoms with Crippen molar-refractivity contribution >= 4 is 28.8 Å². The van der Waals surface area contributed by atoms with Crippen LogP contribution in [-0.4, -0.2) is 26.9 Å². The van der Waals surface area contributed by atoms with Crippen molar-refractivity contribution in [2.45, 2.75) is 33.2 Å². The molecule has 6 rings (SSSR count). The van der Waals surface area contributed by atoms with Crippen LogP contribution in [0.25, 0.3) is 28.3 Å². The molecular weight excluding hydrogens is 523 g/mol. The number of fused-ring (bicyclic) bond motifs is 1. The van der Waals surface area contributed by atoms with Gasteiger partial charge < -0.3 is 9.15 Å². The van der Waals surface area contributed by atoms with Gasteiger partial charge in [0.15, 0.2) is 5.82 Å². The Bertz CT molecular complexity index is 1660.